The second kappa shape index (κ2) is 6.04. The monoisotopic (exact) mass is 223 g/mol. The molecule has 1 heterocycles. The van der Waals surface area contributed by atoms with Crippen LogP contribution in [0, 0.1) is 6.57 Å². The number of hydrogen-bond donors (Lipinski definition) is 2. The second-order valence-electron chi connectivity index (χ2n) is 3.14. The van der Waals surface area contributed by atoms with E-state index in [9.17, 15) is 4.79 Å². The molecule has 4 nitrogen and oxygen atoms in total. The van der Waals surface area contributed by atoms with Gasteiger partial charge in [0.2, 0.25) is 5.91 Å². The minimum Gasteiger partial charge on any atom is -0.354 e. The van der Waals surface area contributed by atoms with Crippen LogP contribution in [0.15, 0.2) is 16.8 Å². The summed E-state index contributed by atoms with van der Waals surface area (Å²) in [5.74, 6) is -0.138. The number of nitrogens with zero attached hydrogens (tertiary/aromatic N) is 1. The zero-order valence-corrected chi connectivity index (χ0v) is 9.30. The van der Waals surface area contributed by atoms with Crippen LogP contribution in [-0.2, 0) is 11.2 Å². The Labute approximate surface area is 93.1 Å². The number of carbonyl (C=O) groups is 1. The maximum absolute atomic E-state index is 11.3. The Morgan fingerprint density at radius 3 is 3.13 bits per heavy atom. The molecule has 0 fully saturated rings. The van der Waals surface area contributed by atoms with Gasteiger partial charge in [-0.3, -0.25) is 4.79 Å². The van der Waals surface area contributed by atoms with E-state index in [1.807, 2.05) is 11.4 Å². The van der Waals surface area contributed by atoms with E-state index in [4.69, 9.17) is 6.57 Å². The van der Waals surface area contributed by atoms with Crippen molar-refractivity contribution in [1.82, 2.24) is 10.7 Å². The molecule has 1 atom stereocenters. The van der Waals surface area contributed by atoms with Gasteiger partial charge in [0.05, 0.1) is 0 Å². The molecule has 0 bridgehead atoms. The molecule has 0 aliphatic heterocycles. The van der Waals surface area contributed by atoms with Crippen LogP contribution in [0.4, 0.5) is 0 Å². The first kappa shape index (κ1) is 11.5. The average molecular weight is 223 g/mol. The summed E-state index contributed by atoms with van der Waals surface area (Å²) in [6, 6.07) is 1.59. The molecule has 2 N–H and O–H groups in total. The van der Waals surface area contributed by atoms with Gasteiger partial charge in [-0.15, -0.1) is 5.43 Å². The zero-order valence-electron chi connectivity index (χ0n) is 8.49. The van der Waals surface area contributed by atoms with Gasteiger partial charge in [-0.05, 0) is 35.7 Å². The van der Waals surface area contributed by atoms with Crippen LogP contribution in [-0.4, -0.2) is 18.5 Å². The Morgan fingerprint density at radius 2 is 2.53 bits per heavy atom. The standard InChI is InChI=1S/C10H13N3OS/c1-8(13-11-2)10(14)12-5-3-9-4-6-15-7-9/h4,6-8,13H,3,5H2,1H3,(H,12,14)/t8-/m0/s1. The van der Waals surface area contributed by atoms with Crippen LogP contribution in [0.25, 0.3) is 4.95 Å². The highest BCUT2D eigenvalue weighted by Crippen LogP contribution is 2.05. The van der Waals surface area contributed by atoms with E-state index in [1.165, 1.54) is 5.56 Å². The van der Waals surface area contributed by atoms with Crippen molar-refractivity contribution in [2.45, 2.75) is 19.4 Å². The number of carbonyl (C=O) groups excluding carboxylic acids is 1. The van der Waals surface area contributed by atoms with Gasteiger partial charge < -0.3 is 5.32 Å². The van der Waals surface area contributed by atoms with E-state index in [1.54, 1.807) is 18.3 Å². The largest absolute Gasteiger partial charge is 0.354 e. The van der Waals surface area contributed by atoms with Gasteiger partial charge in [0, 0.05) is 6.54 Å². The number of hydrogen-bond acceptors (Lipinski definition) is 3. The fourth-order valence-corrected chi connectivity index (χ4v) is 1.78. The maximum Gasteiger partial charge on any atom is 0.248 e. The molecule has 1 amide bonds. The van der Waals surface area contributed by atoms with E-state index in [2.05, 4.69) is 21.1 Å². The normalized spacial score (nSPS) is 11.5. The van der Waals surface area contributed by atoms with Gasteiger partial charge in [0.1, 0.15) is 0 Å². The molecule has 0 aliphatic rings. The second-order valence-corrected chi connectivity index (χ2v) is 3.92. The van der Waals surface area contributed by atoms with Gasteiger partial charge in [-0.1, -0.05) is 0 Å². The van der Waals surface area contributed by atoms with E-state index >= 15 is 0 Å². The minimum atomic E-state index is -0.454. The van der Waals surface area contributed by atoms with E-state index < -0.39 is 6.04 Å². The zero-order chi connectivity index (χ0) is 11.1. The van der Waals surface area contributed by atoms with E-state index in [0.29, 0.717) is 6.54 Å². The Morgan fingerprint density at radius 1 is 1.73 bits per heavy atom. The van der Waals surface area contributed by atoms with Crippen molar-refractivity contribution in [3.63, 3.8) is 0 Å². The number of nitrogens with one attached hydrogen (secondary N) is 2. The third-order valence-corrected chi connectivity index (χ3v) is 2.68. The first-order valence-electron chi connectivity index (χ1n) is 4.65. The predicted octanol–water partition coefficient (Wildman–Crippen LogP) is 1.22. The van der Waals surface area contributed by atoms with Crippen molar-refractivity contribution in [2.24, 2.45) is 0 Å². The molecule has 0 saturated heterocycles. The summed E-state index contributed by atoms with van der Waals surface area (Å²) in [6.45, 7) is 8.83. The van der Waals surface area contributed by atoms with Crippen LogP contribution in [0.5, 0.6) is 0 Å². The highest BCUT2D eigenvalue weighted by atomic mass is 32.1. The third kappa shape index (κ3) is 4.00. The fourth-order valence-electron chi connectivity index (χ4n) is 1.07. The SMILES string of the molecule is [C-]#[N+]N[C@@H](C)C(=O)NCCc1ccsc1. The summed E-state index contributed by atoms with van der Waals surface area (Å²) in [4.78, 5) is 14.3. The smallest absolute Gasteiger partial charge is 0.248 e. The molecule has 0 unspecified atom stereocenters. The molecular weight excluding hydrogens is 210 g/mol. The maximum atomic E-state index is 11.3. The summed E-state index contributed by atoms with van der Waals surface area (Å²) in [5, 5.41) is 6.84. The van der Waals surface area contributed by atoms with Crippen LogP contribution in [0.1, 0.15) is 12.5 Å². The van der Waals surface area contributed by atoms with Crippen LogP contribution >= 0.6 is 11.3 Å². The summed E-state index contributed by atoms with van der Waals surface area (Å²) in [6.07, 6.45) is 0.833. The Kier molecular flexibility index (Phi) is 4.64. The van der Waals surface area contributed by atoms with Crippen LogP contribution < -0.4 is 10.7 Å². The fraction of sp³-hybridized carbons (Fsp3) is 0.400. The minimum absolute atomic E-state index is 0.138. The van der Waals surface area contributed by atoms with Gasteiger partial charge >= 0.3 is 0 Å². The van der Waals surface area contributed by atoms with Crippen molar-refractivity contribution in [3.8, 4) is 0 Å². The molecule has 1 aromatic rings. The molecule has 0 radical (unpaired) electrons. The van der Waals surface area contributed by atoms with Crippen molar-refractivity contribution < 1.29 is 4.79 Å². The molecule has 15 heavy (non-hydrogen) atoms. The van der Waals surface area contributed by atoms with Crippen molar-refractivity contribution >= 4 is 17.2 Å². The number of rotatable bonds is 5. The Bertz CT molecular complexity index is 342. The van der Waals surface area contributed by atoms with Crippen LogP contribution in [0.2, 0.25) is 0 Å². The molecule has 0 aliphatic carbocycles. The summed E-state index contributed by atoms with van der Waals surface area (Å²) in [7, 11) is 0. The van der Waals surface area contributed by atoms with Gasteiger partial charge in [-0.2, -0.15) is 22.9 Å². The van der Waals surface area contributed by atoms with Gasteiger partial charge in [0.15, 0.2) is 6.04 Å². The lowest BCUT2D eigenvalue weighted by molar-refractivity contribution is -0.122. The summed E-state index contributed by atoms with van der Waals surface area (Å²) in [5.41, 5.74) is 3.60. The average Bonchev–Trinajstić information content (AvgIpc) is 2.71. The molecule has 5 heteroatoms. The third-order valence-electron chi connectivity index (χ3n) is 1.94. The molecule has 80 valence electrons. The molecule has 1 rings (SSSR count). The molecular formula is C10H13N3OS. The van der Waals surface area contributed by atoms with E-state index in [-0.39, 0.29) is 5.91 Å². The van der Waals surface area contributed by atoms with E-state index in [0.717, 1.165) is 6.42 Å². The lowest BCUT2D eigenvalue weighted by Gasteiger charge is -2.07. The van der Waals surface area contributed by atoms with Gasteiger partial charge in [-0.25, -0.2) is 0 Å². The van der Waals surface area contributed by atoms with Crippen molar-refractivity contribution in [3.05, 3.63) is 33.9 Å². The number of thiophene rings is 1. The lowest BCUT2D eigenvalue weighted by Crippen LogP contribution is -2.40. The topological polar surface area (TPSA) is 45.5 Å². The Balaban J connectivity index is 2.20. The van der Waals surface area contributed by atoms with Crippen LogP contribution in [0.3, 0.4) is 0 Å². The molecule has 0 aromatic carbocycles. The first-order valence-corrected chi connectivity index (χ1v) is 5.59. The highest BCUT2D eigenvalue weighted by Gasteiger charge is 2.13. The first-order chi connectivity index (χ1) is 7.24. The summed E-state index contributed by atoms with van der Waals surface area (Å²) < 4.78 is 0. The van der Waals surface area contributed by atoms with Gasteiger partial charge in [0.25, 0.3) is 0 Å². The quantitative estimate of drug-likeness (QED) is 0.582. The summed E-state index contributed by atoms with van der Waals surface area (Å²) >= 11 is 1.65. The number of amides is 1. The highest BCUT2D eigenvalue weighted by molar-refractivity contribution is 7.07. The predicted molar refractivity (Wildman–Crippen MR) is 60.2 cm³/mol. The Hall–Kier alpha value is -1.54. The molecule has 1 aromatic heterocycles. The van der Waals surface area contributed by atoms with Crippen molar-refractivity contribution in [2.75, 3.05) is 6.54 Å². The van der Waals surface area contributed by atoms with Crippen molar-refractivity contribution in [1.29, 1.82) is 0 Å². The molecule has 0 saturated carbocycles. The lowest BCUT2D eigenvalue weighted by atomic mass is 10.2. The molecule has 0 spiro atoms.